The van der Waals surface area contributed by atoms with Crippen molar-refractivity contribution in [2.24, 2.45) is 0 Å². The first-order valence-corrected chi connectivity index (χ1v) is 8.15. The van der Waals surface area contributed by atoms with Gasteiger partial charge < -0.3 is 19.1 Å². The molecule has 1 aliphatic rings. The van der Waals surface area contributed by atoms with Crippen LogP contribution in [-0.2, 0) is 35.0 Å². The molecule has 1 aromatic rings. The molecule has 8 nitrogen and oxygen atoms in total. The van der Waals surface area contributed by atoms with Crippen LogP contribution >= 0.6 is 0 Å². The molecule has 0 N–H and O–H groups in total. The first-order chi connectivity index (χ1) is 12.1. The standard InChI is InChI=1S/C17H22N2O6/c1-13(20)24-11-16(21)19-9-4-6-15(19)17(22)25-12-23-10-7-14-5-2-3-8-18-14/h2-3,5,8,15H,4,6-7,9-12H2,1H3. The molecule has 2 heterocycles. The molecule has 0 radical (unpaired) electrons. The van der Waals surface area contributed by atoms with Gasteiger partial charge in [-0.15, -0.1) is 0 Å². The van der Waals surface area contributed by atoms with Crippen LogP contribution in [0, 0.1) is 0 Å². The molecule has 1 aromatic heterocycles. The van der Waals surface area contributed by atoms with Gasteiger partial charge in [-0.2, -0.15) is 0 Å². The third-order valence-electron chi connectivity index (χ3n) is 3.76. The second-order valence-electron chi connectivity index (χ2n) is 5.59. The maximum absolute atomic E-state index is 12.1. The Morgan fingerprint density at radius 3 is 2.84 bits per heavy atom. The topological polar surface area (TPSA) is 95.0 Å². The number of hydrogen-bond donors (Lipinski definition) is 0. The van der Waals surface area contributed by atoms with Gasteiger partial charge in [0.15, 0.2) is 13.4 Å². The molecular formula is C17H22N2O6. The number of nitrogens with zero attached hydrogens (tertiary/aromatic N) is 2. The number of esters is 2. The Kier molecular flexibility index (Phi) is 7.34. The Morgan fingerprint density at radius 2 is 2.12 bits per heavy atom. The molecule has 0 bridgehead atoms. The molecular weight excluding hydrogens is 328 g/mol. The van der Waals surface area contributed by atoms with Gasteiger partial charge in [-0.25, -0.2) is 4.79 Å². The van der Waals surface area contributed by atoms with Crippen molar-refractivity contribution in [3.63, 3.8) is 0 Å². The smallest absolute Gasteiger partial charge is 0.330 e. The van der Waals surface area contributed by atoms with Gasteiger partial charge in [0, 0.05) is 31.8 Å². The summed E-state index contributed by atoms with van der Waals surface area (Å²) in [4.78, 5) is 40.4. The lowest BCUT2D eigenvalue weighted by molar-refractivity contribution is -0.165. The van der Waals surface area contributed by atoms with Crippen molar-refractivity contribution in [2.45, 2.75) is 32.2 Å². The van der Waals surface area contributed by atoms with Crippen LogP contribution in [0.1, 0.15) is 25.5 Å². The van der Waals surface area contributed by atoms with E-state index in [0.717, 1.165) is 5.69 Å². The van der Waals surface area contributed by atoms with Gasteiger partial charge in [0.2, 0.25) is 0 Å². The molecule has 0 aromatic carbocycles. The Labute approximate surface area is 146 Å². The monoisotopic (exact) mass is 350 g/mol. The third kappa shape index (κ3) is 6.15. The number of aromatic nitrogens is 1. The normalized spacial score (nSPS) is 16.5. The van der Waals surface area contributed by atoms with Crippen LogP contribution in [0.4, 0.5) is 0 Å². The highest BCUT2D eigenvalue weighted by Crippen LogP contribution is 2.18. The van der Waals surface area contributed by atoms with E-state index in [1.165, 1.54) is 11.8 Å². The minimum atomic E-state index is -0.651. The second-order valence-corrected chi connectivity index (χ2v) is 5.59. The average molecular weight is 350 g/mol. The lowest BCUT2D eigenvalue weighted by atomic mass is 10.2. The maximum atomic E-state index is 12.1. The number of amides is 1. The summed E-state index contributed by atoms with van der Waals surface area (Å²) in [5, 5.41) is 0. The molecule has 136 valence electrons. The number of ether oxygens (including phenoxy) is 3. The van der Waals surface area contributed by atoms with Crippen molar-refractivity contribution in [2.75, 3.05) is 26.6 Å². The molecule has 0 spiro atoms. The summed E-state index contributed by atoms with van der Waals surface area (Å²) < 4.78 is 15.1. The van der Waals surface area contributed by atoms with Crippen LogP contribution in [-0.4, -0.2) is 60.3 Å². The van der Waals surface area contributed by atoms with Gasteiger partial charge in [0.1, 0.15) is 6.04 Å². The molecule has 1 aliphatic heterocycles. The fourth-order valence-electron chi connectivity index (χ4n) is 2.53. The van der Waals surface area contributed by atoms with E-state index in [2.05, 4.69) is 9.72 Å². The summed E-state index contributed by atoms with van der Waals surface area (Å²) in [6.07, 6.45) is 3.55. The molecule has 2 rings (SSSR count). The highest BCUT2D eigenvalue weighted by Gasteiger charge is 2.35. The van der Waals surface area contributed by atoms with Crippen LogP contribution in [0.5, 0.6) is 0 Å². The summed E-state index contributed by atoms with van der Waals surface area (Å²) >= 11 is 0. The van der Waals surface area contributed by atoms with Crippen molar-refractivity contribution >= 4 is 17.8 Å². The van der Waals surface area contributed by atoms with Gasteiger partial charge in [-0.1, -0.05) is 6.07 Å². The number of carbonyl (C=O) groups is 3. The zero-order valence-electron chi connectivity index (χ0n) is 14.2. The van der Waals surface area contributed by atoms with Crippen molar-refractivity contribution in [1.29, 1.82) is 0 Å². The van der Waals surface area contributed by atoms with Gasteiger partial charge >= 0.3 is 11.9 Å². The maximum Gasteiger partial charge on any atom is 0.330 e. The van der Waals surface area contributed by atoms with Crippen molar-refractivity contribution in [1.82, 2.24) is 9.88 Å². The van der Waals surface area contributed by atoms with E-state index < -0.39 is 23.9 Å². The Hall–Kier alpha value is -2.48. The fourth-order valence-corrected chi connectivity index (χ4v) is 2.53. The van der Waals surface area contributed by atoms with Crippen LogP contribution in [0.15, 0.2) is 24.4 Å². The Bertz CT molecular complexity index is 592. The zero-order chi connectivity index (χ0) is 18.1. The molecule has 0 saturated carbocycles. The fraction of sp³-hybridized carbons (Fsp3) is 0.529. The van der Waals surface area contributed by atoms with Crippen LogP contribution in [0.2, 0.25) is 0 Å². The van der Waals surface area contributed by atoms with E-state index in [1.54, 1.807) is 6.20 Å². The summed E-state index contributed by atoms with van der Waals surface area (Å²) in [7, 11) is 0. The molecule has 0 aliphatic carbocycles. The van der Waals surface area contributed by atoms with E-state index in [4.69, 9.17) is 9.47 Å². The Balaban J connectivity index is 1.68. The summed E-state index contributed by atoms with van der Waals surface area (Å²) in [5.74, 6) is -1.44. The van der Waals surface area contributed by atoms with Crippen molar-refractivity contribution < 1.29 is 28.6 Å². The van der Waals surface area contributed by atoms with E-state index in [0.29, 0.717) is 32.4 Å². The van der Waals surface area contributed by atoms with Gasteiger partial charge in [-0.05, 0) is 25.0 Å². The summed E-state index contributed by atoms with van der Waals surface area (Å²) in [6, 6.07) is 4.97. The molecule has 1 amide bonds. The summed E-state index contributed by atoms with van der Waals surface area (Å²) in [6.45, 7) is 1.52. The van der Waals surface area contributed by atoms with E-state index >= 15 is 0 Å². The number of pyridine rings is 1. The van der Waals surface area contributed by atoms with E-state index in [1.807, 2.05) is 18.2 Å². The van der Waals surface area contributed by atoms with Crippen molar-refractivity contribution in [3.8, 4) is 0 Å². The van der Waals surface area contributed by atoms with Gasteiger partial charge in [0.25, 0.3) is 5.91 Å². The first-order valence-electron chi connectivity index (χ1n) is 8.15. The molecule has 1 unspecified atom stereocenters. The molecule has 25 heavy (non-hydrogen) atoms. The van der Waals surface area contributed by atoms with Crippen molar-refractivity contribution in [3.05, 3.63) is 30.1 Å². The highest BCUT2D eigenvalue weighted by atomic mass is 16.7. The minimum absolute atomic E-state index is 0.172. The molecule has 8 heteroatoms. The number of hydrogen-bond acceptors (Lipinski definition) is 7. The molecule has 1 atom stereocenters. The van der Waals surface area contributed by atoms with E-state index in [-0.39, 0.29) is 13.4 Å². The van der Waals surface area contributed by atoms with Crippen LogP contribution in [0.25, 0.3) is 0 Å². The predicted molar refractivity (Wildman–Crippen MR) is 86.2 cm³/mol. The summed E-state index contributed by atoms with van der Waals surface area (Å²) in [5.41, 5.74) is 0.895. The average Bonchev–Trinajstić information content (AvgIpc) is 3.10. The van der Waals surface area contributed by atoms with Gasteiger partial charge in [-0.3, -0.25) is 14.6 Å². The predicted octanol–water partition coefficient (Wildman–Crippen LogP) is 0.695. The SMILES string of the molecule is CC(=O)OCC(=O)N1CCCC1C(=O)OCOCCc1ccccn1. The lowest BCUT2D eigenvalue weighted by Crippen LogP contribution is -2.43. The van der Waals surface area contributed by atoms with E-state index in [9.17, 15) is 14.4 Å². The van der Waals surface area contributed by atoms with Gasteiger partial charge in [0.05, 0.1) is 6.61 Å². The van der Waals surface area contributed by atoms with Crippen LogP contribution in [0.3, 0.4) is 0 Å². The quantitative estimate of drug-likeness (QED) is 0.387. The number of carbonyl (C=O) groups excluding carboxylic acids is 3. The first kappa shape index (κ1) is 18.9. The zero-order valence-corrected chi connectivity index (χ0v) is 14.2. The molecule has 1 fully saturated rings. The lowest BCUT2D eigenvalue weighted by Gasteiger charge is -2.22. The van der Waals surface area contributed by atoms with Crippen LogP contribution < -0.4 is 0 Å². The number of rotatable bonds is 8. The third-order valence-corrected chi connectivity index (χ3v) is 3.76. The molecule has 1 saturated heterocycles. The second kappa shape index (κ2) is 9.73. The number of likely N-dealkylation sites (tertiary alicyclic amines) is 1. The minimum Gasteiger partial charge on any atom is -0.456 e. The Morgan fingerprint density at radius 1 is 1.28 bits per heavy atom. The highest BCUT2D eigenvalue weighted by molar-refractivity contribution is 5.86. The largest absolute Gasteiger partial charge is 0.456 e.